The van der Waals surface area contributed by atoms with Gasteiger partial charge >= 0.3 is 0 Å². The fourth-order valence-corrected chi connectivity index (χ4v) is 5.31. The number of nitrogens with zero attached hydrogens (tertiary/aromatic N) is 2. The van der Waals surface area contributed by atoms with Gasteiger partial charge in [0.15, 0.2) is 0 Å². The Bertz CT molecular complexity index is 1310. The summed E-state index contributed by atoms with van der Waals surface area (Å²) < 4.78 is 33.7. The second-order valence-corrected chi connectivity index (χ2v) is 10.3. The second kappa shape index (κ2) is 9.61. The zero-order chi connectivity index (χ0) is 24.4. The third-order valence-electron chi connectivity index (χ3n) is 6.17. The minimum absolute atomic E-state index is 0.0741. The number of carbonyl (C=O) groups excluding carboxylic acids is 2. The number of hydrogen-bond donors (Lipinski definition) is 1. The first-order valence-electron chi connectivity index (χ1n) is 11.4. The lowest BCUT2D eigenvalue weighted by Crippen LogP contribution is -2.35. The van der Waals surface area contributed by atoms with E-state index in [2.05, 4.69) is 9.62 Å². The molecular weight excluding hydrogens is 466 g/mol. The highest BCUT2D eigenvalue weighted by Crippen LogP contribution is 2.25. The Kier molecular flexibility index (Phi) is 6.38. The van der Waals surface area contributed by atoms with Crippen LogP contribution in [0.3, 0.4) is 0 Å². The Morgan fingerprint density at radius 2 is 1.29 bits per heavy atom. The summed E-state index contributed by atoms with van der Waals surface area (Å²) in [5.74, 6) is -0.693. The Morgan fingerprint density at radius 3 is 1.89 bits per heavy atom. The Balaban J connectivity index is 1.22. The van der Waals surface area contributed by atoms with E-state index in [-0.39, 0.29) is 23.3 Å². The summed E-state index contributed by atoms with van der Waals surface area (Å²) in [7, 11) is -3.79. The van der Waals surface area contributed by atoms with Crippen molar-refractivity contribution in [2.24, 2.45) is 0 Å². The fourth-order valence-electron chi connectivity index (χ4n) is 4.25. The number of hydrogen-bond acceptors (Lipinski definition) is 6. The molecule has 1 fully saturated rings. The first kappa shape index (κ1) is 23.2. The van der Waals surface area contributed by atoms with Gasteiger partial charge in [-0.05, 0) is 47.5 Å². The van der Waals surface area contributed by atoms with Crippen LogP contribution in [0.2, 0.25) is 0 Å². The van der Waals surface area contributed by atoms with Crippen LogP contribution in [0, 0.1) is 0 Å². The topological polar surface area (TPSA) is 96.0 Å². The SMILES string of the molecule is O=C1c2ccccc2C(=O)N1Cc1ccc(S(=O)(=O)Nc2ccc(CN3CCOCC3)cc2)cc1. The molecule has 8 nitrogen and oxygen atoms in total. The number of imide groups is 1. The van der Waals surface area contributed by atoms with E-state index in [1.54, 1.807) is 48.5 Å². The van der Waals surface area contributed by atoms with Crippen LogP contribution in [0.1, 0.15) is 31.8 Å². The molecule has 35 heavy (non-hydrogen) atoms. The fraction of sp³-hybridized carbons (Fsp3) is 0.231. The van der Waals surface area contributed by atoms with Gasteiger partial charge in [0.25, 0.3) is 21.8 Å². The third kappa shape index (κ3) is 4.97. The molecule has 0 bridgehead atoms. The molecule has 180 valence electrons. The number of benzene rings is 3. The summed E-state index contributed by atoms with van der Waals surface area (Å²) in [6, 6.07) is 20.2. The van der Waals surface area contributed by atoms with E-state index in [4.69, 9.17) is 4.74 Å². The predicted molar refractivity (Wildman–Crippen MR) is 130 cm³/mol. The Hall–Kier alpha value is -3.53. The zero-order valence-corrected chi connectivity index (χ0v) is 19.8. The minimum atomic E-state index is -3.79. The lowest BCUT2D eigenvalue weighted by Gasteiger charge is -2.26. The van der Waals surface area contributed by atoms with Crippen molar-refractivity contribution >= 4 is 27.5 Å². The number of ether oxygens (including phenoxy) is 1. The van der Waals surface area contributed by atoms with Gasteiger partial charge in [-0.25, -0.2) is 8.42 Å². The standard InChI is InChI=1S/C26H25N3O5S/c30-25-23-3-1-2-4-24(23)26(31)29(25)18-20-7-11-22(12-8-20)35(32,33)27-21-9-5-19(6-10-21)17-28-13-15-34-16-14-28/h1-12,27H,13-18H2. The van der Waals surface area contributed by atoms with Crippen LogP contribution in [0.25, 0.3) is 0 Å². The van der Waals surface area contributed by atoms with Gasteiger partial charge in [0.2, 0.25) is 0 Å². The molecule has 1 N–H and O–H groups in total. The molecule has 2 aliphatic heterocycles. The number of carbonyl (C=O) groups is 2. The van der Waals surface area contributed by atoms with Crippen molar-refractivity contribution in [3.8, 4) is 0 Å². The Morgan fingerprint density at radius 1 is 0.743 bits per heavy atom. The maximum atomic E-state index is 12.9. The monoisotopic (exact) mass is 491 g/mol. The van der Waals surface area contributed by atoms with Gasteiger partial charge in [-0.2, -0.15) is 0 Å². The summed E-state index contributed by atoms with van der Waals surface area (Å²) in [6.45, 7) is 4.11. The van der Waals surface area contributed by atoms with E-state index in [9.17, 15) is 18.0 Å². The molecule has 0 aliphatic carbocycles. The number of rotatable bonds is 7. The largest absolute Gasteiger partial charge is 0.379 e. The number of fused-ring (bicyclic) bond motifs is 1. The van der Waals surface area contributed by atoms with E-state index in [0.717, 1.165) is 38.4 Å². The quantitative estimate of drug-likeness (QED) is 0.511. The molecule has 0 unspecified atom stereocenters. The summed E-state index contributed by atoms with van der Waals surface area (Å²) in [6.07, 6.45) is 0. The average Bonchev–Trinajstić information content (AvgIpc) is 3.11. The third-order valence-corrected chi connectivity index (χ3v) is 7.57. The highest BCUT2D eigenvalue weighted by atomic mass is 32.2. The summed E-state index contributed by atoms with van der Waals surface area (Å²) in [5, 5.41) is 0. The molecule has 5 rings (SSSR count). The molecule has 1 saturated heterocycles. The highest BCUT2D eigenvalue weighted by Gasteiger charge is 2.35. The number of nitrogens with one attached hydrogen (secondary N) is 1. The molecule has 2 heterocycles. The molecule has 0 spiro atoms. The van der Waals surface area contributed by atoms with Crippen molar-refractivity contribution in [3.05, 3.63) is 95.1 Å². The molecule has 0 saturated carbocycles. The van der Waals surface area contributed by atoms with Crippen LogP contribution >= 0.6 is 0 Å². The summed E-state index contributed by atoms with van der Waals surface area (Å²) in [5.41, 5.74) is 3.01. The number of morpholine rings is 1. The van der Waals surface area contributed by atoms with Crippen LogP contribution in [-0.2, 0) is 27.8 Å². The van der Waals surface area contributed by atoms with Crippen LogP contribution in [-0.4, -0.2) is 56.3 Å². The predicted octanol–water partition coefficient (Wildman–Crippen LogP) is 3.12. The average molecular weight is 492 g/mol. The zero-order valence-electron chi connectivity index (χ0n) is 19.0. The van der Waals surface area contributed by atoms with Gasteiger partial charge < -0.3 is 4.74 Å². The molecular formula is C26H25N3O5S. The normalized spacial score (nSPS) is 16.4. The van der Waals surface area contributed by atoms with E-state index in [0.29, 0.717) is 22.4 Å². The van der Waals surface area contributed by atoms with E-state index in [1.807, 2.05) is 12.1 Å². The lowest BCUT2D eigenvalue weighted by molar-refractivity contribution is 0.0342. The lowest BCUT2D eigenvalue weighted by atomic mass is 10.1. The Labute approximate surface area is 204 Å². The van der Waals surface area contributed by atoms with Gasteiger partial charge in [-0.1, -0.05) is 36.4 Å². The van der Waals surface area contributed by atoms with Crippen molar-refractivity contribution in [3.63, 3.8) is 0 Å². The van der Waals surface area contributed by atoms with Crippen LogP contribution in [0.15, 0.2) is 77.7 Å². The van der Waals surface area contributed by atoms with Gasteiger partial charge in [0.1, 0.15) is 0 Å². The van der Waals surface area contributed by atoms with Crippen molar-refractivity contribution in [2.75, 3.05) is 31.0 Å². The van der Waals surface area contributed by atoms with Crippen LogP contribution in [0.4, 0.5) is 5.69 Å². The molecule has 3 aromatic carbocycles. The molecule has 0 atom stereocenters. The molecule has 9 heteroatoms. The highest BCUT2D eigenvalue weighted by molar-refractivity contribution is 7.92. The molecule has 3 aromatic rings. The van der Waals surface area contributed by atoms with Crippen molar-refractivity contribution in [1.29, 1.82) is 0 Å². The van der Waals surface area contributed by atoms with E-state index in [1.165, 1.54) is 17.0 Å². The summed E-state index contributed by atoms with van der Waals surface area (Å²) >= 11 is 0. The maximum absolute atomic E-state index is 12.9. The van der Waals surface area contributed by atoms with Gasteiger partial charge in [-0.3, -0.25) is 24.1 Å². The van der Waals surface area contributed by atoms with E-state index >= 15 is 0 Å². The van der Waals surface area contributed by atoms with Crippen molar-refractivity contribution < 1.29 is 22.7 Å². The van der Waals surface area contributed by atoms with Gasteiger partial charge in [0, 0.05) is 25.3 Å². The molecule has 0 radical (unpaired) electrons. The summed E-state index contributed by atoms with van der Waals surface area (Å²) in [4.78, 5) is 28.7. The first-order valence-corrected chi connectivity index (χ1v) is 12.8. The van der Waals surface area contributed by atoms with Crippen molar-refractivity contribution in [1.82, 2.24) is 9.80 Å². The molecule has 2 amide bonds. The molecule has 0 aromatic heterocycles. The number of sulfonamides is 1. The minimum Gasteiger partial charge on any atom is -0.379 e. The first-order chi connectivity index (χ1) is 16.9. The maximum Gasteiger partial charge on any atom is 0.261 e. The second-order valence-electron chi connectivity index (χ2n) is 8.58. The van der Waals surface area contributed by atoms with Crippen molar-refractivity contribution in [2.45, 2.75) is 18.0 Å². The smallest absolute Gasteiger partial charge is 0.261 e. The number of anilines is 1. The van der Waals surface area contributed by atoms with Crippen LogP contribution in [0.5, 0.6) is 0 Å². The number of amides is 2. The van der Waals surface area contributed by atoms with Gasteiger partial charge in [-0.15, -0.1) is 0 Å². The van der Waals surface area contributed by atoms with Crippen LogP contribution < -0.4 is 4.72 Å². The van der Waals surface area contributed by atoms with Gasteiger partial charge in [0.05, 0.1) is 35.8 Å². The van der Waals surface area contributed by atoms with E-state index < -0.39 is 10.0 Å². The molecule has 2 aliphatic rings.